The smallest absolute Gasteiger partial charge is 0.304 e. The van der Waals surface area contributed by atoms with Crippen molar-refractivity contribution in [3.05, 3.63) is 259 Å². The molecule has 0 bridgehead atoms. The van der Waals surface area contributed by atoms with Crippen molar-refractivity contribution in [2.75, 3.05) is 0 Å². The Morgan fingerprint density at radius 3 is 1.45 bits per heavy atom. The minimum Gasteiger partial charge on any atom is -0.304 e. The molecule has 0 atom stereocenters. The van der Waals surface area contributed by atoms with Gasteiger partial charge in [0.1, 0.15) is 0 Å². The molecular weight excluding hydrogens is 979 g/mol. The van der Waals surface area contributed by atoms with E-state index in [1.54, 1.807) is 0 Å². The fourth-order valence-electron chi connectivity index (χ4n) is 8.61. The van der Waals surface area contributed by atoms with Crippen LogP contribution in [0.4, 0.5) is 0 Å². The molecule has 0 N–H and O–H groups in total. The zero-order valence-corrected chi connectivity index (χ0v) is 39.1. The molecule has 0 spiro atoms. The number of pyridine rings is 3. The summed E-state index contributed by atoms with van der Waals surface area (Å²) in [7, 11) is 0. The summed E-state index contributed by atoms with van der Waals surface area (Å²) in [5.41, 5.74) is 21.3. The van der Waals surface area contributed by atoms with Crippen molar-refractivity contribution in [1.82, 2.24) is 15.0 Å². The Labute approximate surface area is 402 Å². The first-order valence-corrected chi connectivity index (χ1v) is 22.3. The van der Waals surface area contributed by atoms with Crippen LogP contribution in [0.3, 0.4) is 0 Å². The largest absolute Gasteiger partial charge is 3.00 e. The van der Waals surface area contributed by atoms with Gasteiger partial charge < -0.3 is 15.0 Å². The Morgan fingerprint density at radius 1 is 0.333 bits per heavy atom. The Morgan fingerprint density at radius 2 is 0.864 bits per heavy atom. The molecule has 0 aliphatic rings. The summed E-state index contributed by atoms with van der Waals surface area (Å²) >= 11 is 0. The zero-order valence-electron chi connectivity index (χ0n) is 36.7. The van der Waals surface area contributed by atoms with Crippen LogP contribution in [0, 0.1) is 25.1 Å². The van der Waals surface area contributed by atoms with Crippen molar-refractivity contribution < 1.29 is 20.1 Å². The summed E-state index contributed by atoms with van der Waals surface area (Å²) in [5.74, 6) is 0. The van der Waals surface area contributed by atoms with Crippen LogP contribution in [0.1, 0.15) is 27.8 Å². The van der Waals surface area contributed by atoms with Gasteiger partial charge >= 0.3 is 20.1 Å². The van der Waals surface area contributed by atoms with Crippen molar-refractivity contribution in [3.63, 3.8) is 0 Å². The molecule has 10 aromatic rings. The van der Waals surface area contributed by atoms with E-state index in [2.05, 4.69) is 177 Å². The van der Waals surface area contributed by atoms with Crippen molar-refractivity contribution in [3.8, 4) is 78.3 Å². The van der Waals surface area contributed by atoms with Crippen molar-refractivity contribution in [2.45, 2.75) is 32.6 Å². The quantitative estimate of drug-likeness (QED) is 0.108. The summed E-state index contributed by atoms with van der Waals surface area (Å²) in [4.78, 5) is 14.7. The van der Waals surface area contributed by atoms with Crippen molar-refractivity contribution >= 4 is 0 Å². The number of hydrogen-bond donors (Lipinski definition) is 0. The molecule has 3 nitrogen and oxygen atoms in total. The van der Waals surface area contributed by atoms with E-state index in [-0.39, 0.29) is 20.1 Å². The molecule has 0 aliphatic heterocycles. The fourth-order valence-corrected chi connectivity index (χ4v) is 8.61. The SMILES string of the molecule is Cc1cc(-c2[c-]ccc(-c3cccc(-c4ccccc4)c3)c2)ncc1-c1ccccc1-c1cc(CCc2ccc(-c3[c-]cccc3)nc2)cc(CCc2ccc(-c3[c-]cccc3)nc2)c1.[Ir+3]. The second-order valence-electron chi connectivity index (χ2n) is 16.6. The van der Waals surface area contributed by atoms with Crippen LogP contribution in [0.2, 0.25) is 0 Å². The van der Waals surface area contributed by atoms with E-state index in [4.69, 9.17) is 15.0 Å². The average molecular weight is 1030 g/mol. The zero-order chi connectivity index (χ0) is 43.8. The molecule has 0 fully saturated rings. The van der Waals surface area contributed by atoms with Gasteiger partial charge in [0, 0.05) is 24.2 Å². The maximum Gasteiger partial charge on any atom is 3.00 e. The maximum atomic E-state index is 5.09. The van der Waals surface area contributed by atoms with Gasteiger partial charge in [0.25, 0.3) is 0 Å². The normalized spacial score (nSPS) is 10.9. The number of aryl methyl sites for hydroxylation is 5. The topological polar surface area (TPSA) is 38.7 Å². The minimum absolute atomic E-state index is 0. The molecule has 0 aliphatic carbocycles. The van der Waals surface area contributed by atoms with Crippen LogP contribution in [0.25, 0.3) is 78.3 Å². The Kier molecular flexibility index (Phi) is 13.7. The first-order valence-electron chi connectivity index (χ1n) is 22.3. The van der Waals surface area contributed by atoms with E-state index in [1.165, 1.54) is 50.1 Å². The molecule has 0 radical (unpaired) electrons. The van der Waals surface area contributed by atoms with Gasteiger partial charge in [0.2, 0.25) is 0 Å². The maximum absolute atomic E-state index is 5.09. The Balaban J connectivity index is 0.00000548. The molecule has 7 aromatic carbocycles. The molecule has 0 unspecified atom stereocenters. The first kappa shape index (κ1) is 43.9. The summed E-state index contributed by atoms with van der Waals surface area (Å²) in [6, 6.07) is 78.3. The van der Waals surface area contributed by atoms with Crippen LogP contribution in [0.15, 0.2) is 213 Å². The molecule has 3 aromatic heterocycles. The van der Waals surface area contributed by atoms with Crippen LogP contribution < -0.4 is 0 Å². The summed E-state index contributed by atoms with van der Waals surface area (Å²) in [6.07, 6.45) is 9.63. The summed E-state index contributed by atoms with van der Waals surface area (Å²) in [6.45, 7) is 2.19. The van der Waals surface area contributed by atoms with E-state index >= 15 is 0 Å². The number of hydrogen-bond acceptors (Lipinski definition) is 3. The second kappa shape index (κ2) is 20.6. The molecule has 10 rings (SSSR count). The van der Waals surface area contributed by atoms with Gasteiger partial charge in [-0.3, -0.25) is 0 Å². The van der Waals surface area contributed by atoms with Gasteiger partial charge in [-0.05, 0) is 117 Å². The Hall–Kier alpha value is -7.36. The van der Waals surface area contributed by atoms with Crippen LogP contribution in [-0.2, 0) is 45.8 Å². The standard InChI is InChI=1S/C62H46N3.Ir/c1-44-35-62(55-24-14-23-54(40-55)53-22-13-21-52(39-53)49-15-5-2-6-16-49)65-43-59(44)58-26-12-11-25-57(58)56-37-47(29-27-45-31-33-60(63-41-45)50-17-7-3-8-18-50)36-48(38-56)30-28-46-32-34-61(64-42-46)51-19-9-4-10-20-51;/h2-17,19,21-23,25-26,31-43H,27-30H2,1H3;/q-3;+3. The average Bonchev–Trinajstić information content (AvgIpc) is 3.38. The monoisotopic (exact) mass is 1030 g/mol. The van der Waals surface area contributed by atoms with Gasteiger partial charge in [-0.25, -0.2) is 0 Å². The molecule has 0 saturated carbocycles. The van der Waals surface area contributed by atoms with E-state index < -0.39 is 0 Å². The van der Waals surface area contributed by atoms with Crippen LogP contribution >= 0.6 is 0 Å². The third-order valence-electron chi connectivity index (χ3n) is 12.1. The van der Waals surface area contributed by atoms with Crippen LogP contribution in [-0.4, -0.2) is 15.0 Å². The predicted octanol–water partition coefficient (Wildman–Crippen LogP) is 14.8. The van der Waals surface area contributed by atoms with Gasteiger partial charge in [0.15, 0.2) is 0 Å². The van der Waals surface area contributed by atoms with Crippen molar-refractivity contribution in [1.29, 1.82) is 0 Å². The molecule has 66 heavy (non-hydrogen) atoms. The molecule has 0 amide bonds. The molecule has 4 heteroatoms. The third-order valence-corrected chi connectivity index (χ3v) is 12.1. The minimum atomic E-state index is 0. The van der Waals surface area contributed by atoms with Gasteiger partial charge in [-0.2, -0.15) is 0 Å². The van der Waals surface area contributed by atoms with Crippen LogP contribution in [0.5, 0.6) is 0 Å². The predicted molar refractivity (Wildman–Crippen MR) is 267 cm³/mol. The van der Waals surface area contributed by atoms with E-state index in [0.29, 0.717) is 0 Å². The molecule has 318 valence electrons. The molecule has 0 saturated heterocycles. The third kappa shape index (κ3) is 10.3. The molecular formula is C62H46IrN3. The van der Waals surface area contributed by atoms with E-state index in [0.717, 1.165) is 81.7 Å². The fraction of sp³-hybridized carbons (Fsp3) is 0.0806. The van der Waals surface area contributed by atoms with E-state index in [1.807, 2.05) is 61.1 Å². The van der Waals surface area contributed by atoms with Gasteiger partial charge in [0.05, 0.1) is 0 Å². The van der Waals surface area contributed by atoms with Gasteiger partial charge in [-0.15, -0.1) is 107 Å². The first-order chi connectivity index (χ1) is 32.1. The number of aromatic nitrogens is 3. The van der Waals surface area contributed by atoms with E-state index in [9.17, 15) is 0 Å². The number of benzene rings is 7. The van der Waals surface area contributed by atoms with Crippen molar-refractivity contribution in [2.24, 2.45) is 0 Å². The molecule has 3 heterocycles. The summed E-state index contributed by atoms with van der Waals surface area (Å²) < 4.78 is 0. The number of rotatable bonds is 13. The second-order valence-corrected chi connectivity index (χ2v) is 16.6. The summed E-state index contributed by atoms with van der Waals surface area (Å²) in [5, 5.41) is 0. The van der Waals surface area contributed by atoms with Gasteiger partial charge in [-0.1, -0.05) is 121 Å². The number of nitrogens with zero attached hydrogens (tertiary/aromatic N) is 3. The Bertz CT molecular complexity index is 3080.